The van der Waals surface area contributed by atoms with E-state index in [-0.39, 0.29) is 24.5 Å². The predicted octanol–water partition coefficient (Wildman–Crippen LogP) is 4.50. The fourth-order valence-corrected chi connectivity index (χ4v) is 5.07. The second kappa shape index (κ2) is 9.68. The molecular formula is C27H26N6OS. The molecule has 1 fully saturated rings. The summed E-state index contributed by atoms with van der Waals surface area (Å²) in [6.45, 7) is 4.28. The Balaban J connectivity index is 1.53. The van der Waals surface area contributed by atoms with E-state index in [0.29, 0.717) is 5.11 Å². The van der Waals surface area contributed by atoms with E-state index < -0.39 is 0 Å². The van der Waals surface area contributed by atoms with Crippen LogP contribution in [-0.4, -0.2) is 37.0 Å². The number of nitrogens with zero attached hydrogens (tertiary/aromatic N) is 4. The minimum absolute atomic E-state index is 0.116. The Labute approximate surface area is 209 Å². The largest absolute Gasteiger partial charge is 0.352 e. The molecular weight excluding hydrogens is 456 g/mol. The van der Waals surface area contributed by atoms with Crippen LogP contribution >= 0.6 is 12.2 Å². The van der Waals surface area contributed by atoms with E-state index in [1.165, 1.54) is 0 Å². The average molecular weight is 483 g/mol. The number of carbonyl (C=O) groups excluding carboxylic acids is 1. The first kappa shape index (κ1) is 22.7. The maximum absolute atomic E-state index is 13.0. The van der Waals surface area contributed by atoms with Gasteiger partial charge in [0.05, 0.1) is 29.7 Å². The maximum atomic E-state index is 13.0. The molecule has 0 radical (unpaired) electrons. The summed E-state index contributed by atoms with van der Waals surface area (Å²) in [6, 6.07) is 21.0. The number of para-hydroxylation sites is 1. The van der Waals surface area contributed by atoms with Crippen LogP contribution in [0.15, 0.2) is 85.3 Å². The van der Waals surface area contributed by atoms with Crippen molar-refractivity contribution in [3.05, 3.63) is 108 Å². The zero-order valence-corrected chi connectivity index (χ0v) is 20.4. The minimum atomic E-state index is -0.212. The third-order valence-corrected chi connectivity index (χ3v) is 6.61. The quantitative estimate of drug-likeness (QED) is 0.394. The van der Waals surface area contributed by atoms with Gasteiger partial charge < -0.3 is 20.1 Å². The van der Waals surface area contributed by atoms with Crippen molar-refractivity contribution in [2.75, 3.05) is 11.9 Å². The van der Waals surface area contributed by atoms with Crippen LogP contribution < -0.4 is 10.6 Å². The number of anilines is 1. The monoisotopic (exact) mass is 482 g/mol. The molecule has 3 aromatic heterocycles. The number of hydrogen-bond donors (Lipinski definition) is 2. The molecule has 1 aliphatic heterocycles. The Hall–Kier alpha value is -4.04. The van der Waals surface area contributed by atoms with Gasteiger partial charge in [0.1, 0.15) is 6.54 Å². The van der Waals surface area contributed by atoms with Crippen molar-refractivity contribution >= 4 is 28.9 Å². The summed E-state index contributed by atoms with van der Waals surface area (Å²) in [5, 5.41) is 6.93. The summed E-state index contributed by atoms with van der Waals surface area (Å²) >= 11 is 5.74. The van der Waals surface area contributed by atoms with Crippen LogP contribution in [0.4, 0.5) is 5.69 Å². The number of amides is 1. The molecule has 4 aromatic rings. The van der Waals surface area contributed by atoms with Gasteiger partial charge in [-0.2, -0.15) is 0 Å². The third kappa shape index (κ3) is 4.52. The van der Waals surface area contributed by atoms with Crippen molar-refractivity contribution in [1.29, 1.82) is 0 Å². The number of aromatic nitrogens is 3. The highest BCUT2D eigenvalue weighted by atomic mass is 32.1. The van der Waals surface area contributed by atoms with Crippen LogP contribution in [0.2, 0.25) is 0 Å². The van der Waals surface area contributed by atoms with Gasteiger partial charge in [-0.05, 0) is 74.1 Å². The van der Waals surface area contributed by atoms with Gasteiger partial charge in [-0.3, -0.25) is 14.8 Å². The summed E-state index contributed by atoms with van der Waals surface area (Å²) in [6.07, 6.45) is 5.39. The summed E-state index contributed by atoms with van der Waals surface area (Å²) in [4.78, 5) is 23.9. The molecule has 1 saturated heterocycles. The average Bonchev–Trinajstić information content (AvgIpc) is 3.35. The topological polar surface area (TPSA) is 75.1 Å². The SMILES string of the molecule is Cc1cc([C@@H]2[C@@H](c3ccccn3)NC(=S)N2CC(=O)Nc2ccccc2)c(C)n1-c1cccnc1. The lowest BCUT2D eigenvalue weighted by Crippen LogP contribution is -2.37. The molecule has 1 aliphatic rings. The summed E-state index contributed by atoms with van der Waals surface area (Å²) in [5.41, 5.74) is 5.85. The van der Waals surface area contributed by atoms with Crippen LogP contribution in [0.1, 0.15) is 34.7 Å². The zero-order valence-electron chi connectivity index (χ0n) is 19.6. The molecule has 35 heavy (non-hydrogen) atoms. The van der Waals surface area contributed by atoms with Crippen LogP contribution in [0.5, 0.6) is 0 Å². The first-order valence-corrected chi connectivity index (χ1v) is 11.9. The lowest BCUT2D eigenvalue weighted by atomic mass is 9.96. The molecule has 7 nitrogen and oxygen atoms in total. The van der Waals surface area contributed by atoms with Gasteiger partial charge in [0.2, 0.25) is 5.91 Å². The molecule has 176 valence electrons. The van der Waals surface area contributed by atoms with Gasteiger partial charge in [0.25, 0.3) is 0 Å². The number of rotatable bonds is 6. The fraction of sp³-hybridized carbons (Fsp3) is 0.185. The zero-order chi connectivity index (χ0) is 24.4. The molecule has 0 spiro atoms. The molecule has 2 N–H and O–H groups in total. The van der Waals surface area contributed by atoms with Crippen LogP contribution in [0, 0.1) is 13.8 Å². The molecule has 0 unspecified atom stereocenters. The van der Waals surface area contributed by atoms with E-state index >= 15 is 0 Å². The van der Waals surface area contributed by atoms with Crippen molar-refractivity contribution in [2.24, 2.45) is 0 Å². The molecule has 4 heterocycles. The lowest BCUT2D eigenvalue weighted by Gasteiger charge is -2.27. The molecule has 0 aliphatic carbocycles. The first-order valence-electron chi connectivity index (χ1n) is 11.4. The second-order valence-corrected chi connectivity index (χ2v) is 8.93. The second-order valence-electron chi connectivity index (χ2n) is 8.54. The number of aryl methyl sites for hydroxylation is 1. The summed E-state index contributed by atoms with van der Waals surface area (Å²) in [5.74, 6) is -0.131. The van der Waals surface area contributed by atoms with Crippen LogP contribution in [0.3, 0.4) is 0 Å². The van der Waals surface area contributed by atoms with Crippen molar-refractivity contribution < 1.29 is 4.79 Å². The highest BCUT2D eigenvalue weighted by molar-refractivity contribution is 7.80. The Kier molecular flexibility index (Phi) is 6.29. The highest BCUT2D eigenvalue weighted by Gasteiger charge is 2.42. The van der Waals surface area contributed by atoms with E-state index in [1.807, 2.05) is 71.8 Å². The van der Waals surface area contributed by atoms with Crippen molar-refractivity contribution in [3.8, 4) is 5.69 Å². The fourth-order valence-electron chi connectivity index (χ4n) is 4.76. The highest BCUT2D eigenvalue weighted by Crippen LogP contribution is 2.41. The Morgan fingerprint density at radius 1 is 1.06 bits per heavy atom. The van der Waals surface area contributed by atoms with E-state index in [2.05, 4.69) is 45.1 Å². The molecule has 2 atom stereocenters. The summed E-state index contributed by atoms with van der Waals surface area (Å²) in [7, 11) is 0. The van der Waals surface area contributed by atoms with Gasteiger partial charge in [-0.15, -0.1) is 0 Å². The molecule has 1 aromatic carbocycles. The Morgan fingerprint density at radius 2 is 1.86 bits per heavy atom. The molecule has 1 amide bonds. The molecule has 0 bridgehead atoms. The minimum Gasteiger partial charge on any atom is -0.352 e. The number of carbonyl (C=O) groups is 1. The van der Waals surface area contributed by atoms with Gasteiger partial charge >= 0.3 is 0 Å². The molecule has 0 saturated carbocycles. The van der Waals surface area contributed by atoms with Crippen molar-refractivity contribution in [3.63, 3.8) is 0 Å². The molecule has 5 rings (SSSR count). The van der Waals surface area contributed by atoms with E-state index in [4.69, 9.17) is 12.2 Å². The van der Waals surface area contributed by atoms with E-state index in [1.54, 1.807) is 12.4 Å². The Morgan fingerprint density at radius 3 is 2.57 bits per heavy atom. The van der Waals surface area contributed by atoms with Crippen molar-refractivity contribution in [2.45, 2.75) is 25.9 Å². The Bertz CT molecular complexity index is 1340. The number of thiocarbonyl (C=S) groups is 1. The smallest absolute Gasteiger partial charge is 0.244 e. The van der Waals surface area contributed by atoms with Crippen molar-refractivity contribution in [1.82, 2.24) is 24.8 Å². The van der Waals surface area contributed by atoms with Gasteiger partial charge in [0.15, 0.2) is 5.11 Å². The number of pyridine rings is 2. The lowest BCUT2D eigenvalue weighted by molar-refractivity contribution is -0.116. The third-order valence-electron chi connectivity index (χ3n) is 6.26. The van der Waals surface area contributed by atoms with E-state index in [9.17, 15) is 4.79 Å². The first-order chi connectivity index (χ1) is 17.0. The molecule has 8 heteroatoms. The van der Waals surface area contributed by atoms with Gasteiger partial charge in [0, 0.05) is 29.5 Å². The number of nitrogens with one attached hydrogen (secondary N) is 2. The number of benzene rings is 1. The standard InChI is InChI=1S/C27H26N6OS/c1-18-15-22(19(2)33(18)21-11-8-13-28-16-21)26-25(23-12-6-7-14-29-23)31-27(35)32(26)17-24(34)30-20-9-4-3-5-10-20/h3-16,25-26H,17H2,1-2H3,(H,30,34)(H,31,35)/t25-,26-/m1/s1. The maximum Gasteiger partial charge on any atom is 0.244 e. The van der Waals surface area contributed by atoms with Crippen LogP contribution in [-0.2, 0) is 4.79 Å². The van der Waals surface area contributed by atoms with Gasteiger partial charge in [-0.1, -0.05) is 24.3 Å². The predicted molar refractivity (Wildman–Crippen MR) is 140 cm³/mol. The normalized spacial score (nSPS) is 17.3. The van der Waals surface area contributed by atoms with Gasteiger partial charge in [-0.25, -0.2) is 0 Å². The summed E-state index contributed by atoms with van der Waals surface area (Å²) < 4.78 is 2.18. The van der Waals surface area contributed by atoms with E-state index in [0.717, 1.165) is 34.0 Å². The number of hydrogen-bond acceptors (Lipinski definition) is 4. The van der Waals surface area contributed by atoms with Crippen LogP contribution in [0.25, 0.3) is 5.69 Å².